The van der Waals surface area contributed by atoms with Gasteiger partial charge in [0.2, 0.25) is 0 Å². The Labute approximate surface area is 145 Å². The molecule has 0 fully saturated rings. The van der Waals surface area contributed by atoms with Gasteiger partial charge in [0.15, 0.2) is 0 Å². The Kier molecular flexibility index (Phi) is 6.60. The molecule has 0 aliphatic carbocycles. The Morgan fingerprint density at radius 2 is 1.71 bits per heavy atom. The zero-order valence-electron chi connectivity index (χ0n) is 13.1. The molecule has 0 atom stereocenters. The maximum Gasteiger partial charge on any atom is 0.323 e. The zero-order chi connectivity index (χ0) is 17.4. The van der Waals surface area contributed by atoms with Gasteiger partial charge in [0, 0.05) is 35.6 Å². The van der Waals surface area contributed by atoms with E-state index in [0.29, 0.717) is 35.1 Å². The number of nitrogens with one attached hydrogen (secondary N) is 3. The number of rotatable bonds is 6. The molecule has 0 aliphatic rings. The average Bonchev–Trinajstić information content (AvgIpc) is 2.55. The molecule has 0 unspecified atom stereocenters. The monoisotopic (exact) mass is 347 g/mol. The van der Waals surface area contributed by atoms with Crippen LogP contribution in [0.3, 0.4) is 0 Å². The van der Waals surface area contributed by atoms with Gasteiger partial charge in [-0.1, -0.05) is 23.7 Å². The van der Waals surface area contributed by atoms with Crippen molar-refractivity contribution >= 4 is 34.9 Å². The molecule has 0 saturated carbocycles. The van der Waals surface area contributed by atoms with Crippen molar-refractivity contribution < 1.29 is 14.3 Å². The van der Waals surface area contributed by atoms with E-state index in [9.17, 15) is 9.59 Å². The van der Waals surface area contributed by atoms with E-state index < -0.39 is 6.03 Å². The van der Waals surface area contributed by atoms with E-state index in [1.807, 2.05) is 0 Å². The third-order valence-corrected chi connectivity index (χ3v) is 3.29. The Morgan fingerprint density at radius 3 is 2.38 bits per heavy atom. The van der Waals surface area contributed by atoms with Crippen molar-refractivity contribution in [3.05, 3.63) is 59.1 Å². The fourth-order valence-electron chi connectivity index (χ4n) is 1.97. The van der Waals surface area contributed by atoms with Crippen LogP contribution in [0.15, 0.2) is 48.5 Å². The molecule has 0 saturated heterocycles. The molecule has 0 aromatic heterocycles. The lowest BCUT2D eigenvalue weighted by Gasteiger charge is -2.09. The van der Waals surface area contributed by atoms with E-state index in [1.165, 1.54) is 0 Å². The van der Waals surface area contributed by atoms with Crippen LogP contribution in [-0.2, 0) is 4.74 Å². The summed E-state index contributed by atoms with van der Waals surface area (Å²) in [6.07, 6.45) is 0. The van der Waals surface area contributed by atoms with Gasteiger partial charge in [-0.3, -0.25) is 4.79 Å². The number of methoxy groups -OCH3 is 1. The highest BCUT2D eigenvalue weighted by Gasteiger charge is 2.08. The number of carbonyl (C=O) groups excluding carboxylic acids is 2. The minimum atomic E-state index is -0.422. The Bertz CT molecular complexity index is 722. The summed E-state index contributed by atoms with van der Waals surface area (Å²) < 4.78 is 4.88. The van der Waals surface area contributed by atoms with E-state index >= 15 is 0 Å². The van der Waals surface area contributed by atoms with Crippen LogP contribution in [0.2, 0.25) is 5.02 Å². The van der Waals surface area contributed by atoms with Crippen molar-refractivity contribution in [2.24, 2.45) is 0 Å². The van der Waals surface area contributed by atoms with Gasteiger partial charge in [-0.2, -0.15) is 0 Å². The maximum absolute atomic E-state index is 12.0. The lowest BCUT2D eigenvalue weighted by atomic mass is 10.2. The first-order valence-corrected chi connectivity index (χ1v) is 7.67. The van der Waals surface area contributed by atoms with Crippen molar-refractivity contribution in [3.8, 4) is 0 Å². The molecule has 0 bridgehead atoms. The summed E-state index contributed by atoms with van der Waals surface area (Å²) in [7, 11) is 1.56. The number of urea groups is 1. The van der Waals surface area contributed by atoms with Crippen LogP contribution in [0.25, 0.3) is 0 Å². The number of amides is 3. The zero-order valence-corrected chi connectivity index (χ0v) is 13.9. The highest BCUT2D eigenvalue weighted by atomic mass is 35.5. The van der Waals surface area contributed by atoms with Crippen molar-refractivity contribution in [1.29, 1.82) is 0 Å². The molecule has 2 aromatic carbocycles. The van der Waals surface area contributed by atoms with Crippen molar-refractivity contribution in [1.82, 2.24) is 5.32 Å². The third-order valence-electron chi connectivity index (χ3n) is 3.06. The van der Waals surface area contributed by atoms with Gasteiger partial charge >= 0.3 is 6.03 Å². The van der Waals surface area contributed by atoms with E-state index in [1.54, 1.807) is 55.6 Å². The largest absolute Gasteiger partial charge is 0.383 e. The van der Waals surface area contributed by atoms with Gasteiger partial charge in [0.05, 0.1) is 6.61 Å². The summed E-state index contributed by atoms with van der Waals surface area (Å²) in [6, 6.07) is 13.1. The van der Waals surface area contributed by atoms with Crippen LogP contribution in [0.5, 0.6) is 0 Å². The summed E-state index contributed by atoms with van der Waals surface area (Å²) >= 11 is 5.87. The highest BCUT2D eigenvalue weighted by Crippen LogP contribution is 2.16. The van der Waals surface area contributed by atoms with Gasteiger partial charge in [-0.25, -0.2) is 4.79 Å². The SMILES string of the molecule is COCCNC(=O)c1cccc(NC(=O)Nc2cccc(Cl)c2)c1. The fraction of sp³-hybridized carbons (Fsp3) is 0.176. The molecule has 3 N–H and O–H groups in total. The quantitative estimate of drug-likeness (QED) is 0.701. The molecule has 0 aliphatic heterocycles. The minimum absolute atomic E-state index is 0.231. The number of halogens is 1. The van der Waals surface area contributed by atoms with Gasteiger partial charge in [0.1, 0.15) is 0 Å². The summed E-state index contributed by atoms with van der Waals surface area (Å²) in [5, 5.41) is 8.59. The van der Waals surface area contributed by atoms with E-state index in [-0.39, 0.29) is 5.91 Å². The Hall–Kier alpha value is -2.57. The van der Waals surface area contributed by atoms with Gasteiger partial charge in [-0.05, 0) is 36.4 Å². The molecule has 2 rings (SSSR count). The molecule has 126 valence electrons. The summed E-state index contributed by atoms with van der Waals surface area (Å²) in [5.74, 6) is -0.231. The third kappa shape index (κ3) is 5.57. The predicted octanol–water partition coefficient (Wildman–Crippen LogP) is 3.36. The molecular formula is C17H18ClN3O3. The molecule has 24 heavy (non-hydrogen) atoms. The second kappa shape index (κ2) is 8.90. The summed E-state index contributed by atoms with van der Waals surface area (Å²) in [6.45, 7) is 0.855. The molecular weight excluding hydrogens is 330 g/mol. The van der Waals surface area contributed by atoms with Crippen LogP contribution < -0.4 is 16.0 Å². The molecule has 0 heterocycles. The predicted molar refractivity (Wildman–Crippen MR) is 94.7 cm³/mol. The maximum atomic E-state index is 12.0. The van der Waals surface area contributed by atoms with Crippen LogP contribution in [0, 0.1) is 0 Å². The molecule has 7 heteroatoms. The van der Waals surface area contributed by atoms with Crippen LogP contribution in [0.1, 0.15) is 10.4 Å². The number of anilines is 2. The van der Waals surface area contributed by atoms with Gasteiger partial charge in [-0.15, -0.1) is 0 Å². The first-order valence-electron chi connectivity index (χ1n) is 7.29. The van der Waals surface area contributed by atoms with E-state index in [0.717, 1.165) is 0 Å². The number of hydrogen-bond donors (Lipinski definition) is 3. The topological polar surface area (TPSA) is 79.5 Å². The van der Waals surface area contributed by atoms with Crippen molar-refractivity contribution in [2.75, 3.05) is 30.9 Å². The Balaban J connectivity index is 1.96. The first-order chi connectivity index (χ1) is 11.6. The smallest absolute Gasteiger partial charge is 0.323 e. The molecule has 6 nitrogen and oxygen atoms in total. The van der Waals surface area contributed by atoms with Crippen LogP contribution >= 0.6 is 11.6 Å². The summed E-state index contributed by atoms with van der Waals surface area (Å²) in [4.78, 5) is 24.0. The second-order valence-electron chi connectivity index (χ2n) is 4.92. The van der Waals surface area contributed by atoms with Crippen LogP contribution in [-0.4, -0.2) is 32.2 Å². The number of hydrogen-bond acceptors (Lipinski definition) is 3. The fourth-order valence-corrected chi connectivity index (χ4v) is 2.16. The molecule has 2 aromatic rings. The van der Waals surface area contributed by atoms with E-state index in [4.69, 9.17) is 16.3 Å². The first kappa shape index (κ1) is 17.8. The Morgan fingerprint density at radius 1 is 1.04 bits per heavy atom. The van der Waals surface area contributed by atoms with Gasteiger partial charge in [0.25, 0.3) is 5.91 Å². The average molecular weight is 348 g/mol. The lowest BCUT2D eigenvalue weighted by Crippen LogP contribution is -2.27. The van der Waals surface area contributed by atoms with Crippen molar-refractivity contribution in [2.45, 2.75) is 0 Å². The highest BCUT2D eigenvalue weighted by molar-refractivity contribution is 6.30. The normalized spacial score (nSPS) is 10.1. The molecule has 0 radical (unpaired) electrons. The van der Waals surface area contributed by atoms with Crippen LogP contribution in [0.4, 0.5) is 16.2 Å². The minimum Gasteiger partial charge on any atom is -0.383 e. The summed E-state index contributed by atoms with van der Waals surface area (Å²) in [5.41, 5.74) is 1.54. The number of carbonyl (C=O) groups is 2. The number of benzene rings is 2. The number of ether oxygens (including phenoxy) is 1. The van der Waals surface area contributed by atoms with Crippen molar-refractivity contribution in [3.63, 3.8) is 0 Å². The van der Waals surface area contributed by atoms with E-state index in [2.05, 4.69) is 16.0 Å². The standard InChI is InChI=1S/C17H18ClN3O3/c1-24-9-8-19-16(22)12-4-2-6-14(10-12)20-17(23)21-15-7-3-5-13(18)11-15/h2-7,10-11H,8-9H2,1H3,(H,19,22)(H2,20,21,23). The molecule has 3 amide bonds. The molecule has 0 spiro atoms. The van der Waals surface area contributed by atoms with Gasteiger partial charge < -0.3 is 20.7 Å². The second-order valence-corrected chi connectivity index (χ2v) is 5.36. The lowest BCUT2D eigenvalue weighted by molar-refractivity contribution is 0.0937.